The number of aliphatic hydroxyl groups is 1. The van der Waals surface area contributed by atoms with Gasteiger partial charge in [-0.2, -0.15) is 0 Å². The third kappa shape index (κ3) is 3.68. The van der Waals surface area contributed by atoms with Crippen LogP contribution in [0, 0.1) is 0 Å². The zero-order valence-corrected chi connectivity index (χ0v) is 9.62. The van der Waals surface area contributed by atoms with Crippen molar-refractivity contribution in [1.29, 1.82) is 0 Å². The van der Waals surface area contributed by atoms with Crippen molar-refractivity contribution in [3.63, 3.8) is 0 Å². The third-order valence-electron chi connectivity index (χ3n) is 2.19. The van der Waals surface area contributed by atoms with E-state index in [1.807, 2.05) is 20.8 Å². The summed E-state index contributed by atoms with van der Waals surface area (Å²) >= 11 is 0. The average molecular weight is 216 g/mol. The van der Waals surface area contributed by atoms with Crippen LogP contribution < -0.4 is 5.32 Å². The number of ether oxygens (including phenoxy) is 1. The van der Waals surface area contributed by atoms with Crippen molar-refractivity contribution in [3.8, 4) is 0 Å². The summed E-state index contributed by atoms with van der Waals surface area (Å²) in [6.45, 7) is 7.42. The first-order chi connectivity index (χ1) is 6.94. The van der Waals surface area contributed by atoms with Gasteiger partial charge in [-0.3, -0.25) is 0 Å². The first-order valence-electron chi connectivity index (χ1n) is 5.25. The molecular weight excluding hydrogens is 196 g/mol. The first kappa shape index (κ1) is 12.3. The van der Waals surface area contributed by atoms with Gasteiger partial charge in [-0.1, -0.05) is 0 Å². The molecule has 0 aromatic heterocycles. The van der Waals surface area contributed by atoms with Crippen molar-refractivity contribution >= 4 is 6.09 Å². The Kier molecular flexibility index (Phi) is 3.93. The highest BCUT2D eigenvalue weighted by Crippen LogP contribution is 2.12. The number of hydrogen-bond donors (Lipinski definition) is 2. The Hall–Kier alpha value is -0.810. The van der Waals surface area contributed by atoms with Crippen molar-refractivity contribution in [3.05, 3.63) is 0 Å². The summed E-state index contributed by atoms with van der Waals surface area (Å²) in [5.74, 6) is 0. The van der Waals surface area contributed by atoms with E-state index in [2.05, 4.69) is 5.32 Å². The molecule has 1 aliphatic heterocycles. The van der Waals surface area contributed by atoms with Gasteiger partial charge in [0.15, 0.2) is 0 Å². The van der Waals surface area contributed by atoms with Gasteiger partial charge in [0, 0.05) is 19.6 Å². The molecule has 0 spiro atoms. The minimum absolute atomic E-state index is 0.0355. The number of amides is 1. The van der Waals surface area contributed by atoms with Crippen molar-refractivity contribution in [2.24, 2.45) is 0 Å². The van der Waals surface area contributed by atoms with E-state index in [1.165, 1.54) is 0 Å². The van der Waals surface area contributed by atoms with Crippen LogP contribution in [0.3, 0.4) is 0 Å². The molecule has 15 heavy (non-hydrogen) atoms. The fourth-order valence-corrected chi connectivity index (χ4v) is 1.48. The van der Waals surface area contributed by atoms with Crippen LogP contribution in [-0.4, -0.2) is 54.0 Å². The lowest BCUT2D eigenvalue weighted by molar-refractivity contribution is 0.00465. The largest absolute Gasteiger partial charge is 0.444 e. The number of carbonyl (C=O) groups excluding carboxylic acids is 1. The van der Waals surface area contributed by atoms with Crippen molar-refractivity contribution in [2.75, 3.05) is 26.2 Å². The predicted molar refractivity (Wildman–Crippen MR) is 56.7 cm³/mol. The maximum Gasteiger partial charge on any atom is 0.410 e. The Labute approximate surface area is 90.4 Å². The number of hydrogen-bond acceptors (Lipinski definition) is 4. The van der Waals surface area contributed by atoms with Gasteiger partial charge >= 0.3 is 6.09 Å². The predicted octanol–water partition coefficient (Wildman–Crippen LogP) is 0.188. The smallest absolute Gasteiger partial charge is 0.410 e. The fraction of sp³-hybridized carbons (Fsp3) is 0.900. The van der Waals surface area contributed by atoms with E-state index in [1.54, 1.807) is 4.90 Å². The van der Waals surface area contributed by atoms with Crippen LogP contribution in [0.5, 0.6) is 0 Å². The van der Waals surface area contributed by atoms with Gasteiger partial charge in [0.1, 0.15) is 5.60 Å². The van der Waals surface area contributed by atoms with Crippen LogP contribution in [0.4, 0.5) is 4.79 Å². The molecule has 0 radical (unpaired) electrons. The van der Waals surface area contributed by atoms with Crippen LogP contribution >= 0.6 is 0 Å². The average Bonchev–Trinajstić information content (AvgIpc) is 2.15. The molecule has 1 fully saturated rings. The van der Waals surface area contributed by atoms with E-state index in [-0.39, 0.29) is 18.7 Å². The van der Waals surface area contributed by atoms with Crippen LogP contribution in [0.15, 0.2) is 0 Å². The summed E-state index contributed by atoms with van der Waals surface area (Å²) in [6, 6.07) is -0.173. The Morgan fingerprint density at radius 2 is 2.27 bits per heavy atom. The molecule has 2 N–H and O–H groups in total. The molecule has 1 aliphatic rings. The molecule has 0 aliphatic carbocycles. The van der Waals surface area contributed by atoms with Crippen molar-refractivity contribution in [2.45, 2.75) is 32.4 Å². The molecule has 1 atom stereocenters. The summed E-state index contributed by atoms with van der Waals surface area (Å²) in [7, 11) is 0. The SMILES string of the molecule is CC(C)(C)OC(=O)N1CCNCC1CO. The zero-order chi connectivity index (χ0) is 11.5. The lowest BCUT2D eigenvalue weighted by Crippen LogP contribution is -2.56. The van der Waals surface area contributed by atoms with Crippen LogP contribution in [-0.2, 0) is 4.74 Å². The maximum atomic E-state index is 11.7. The second kappa shape index (κ2) is 4.81. The van der Waals surface area contributed by atoms with Gasteiger partial charge in [0.2, 0.25) is 0 Å². The monoisotopic (exact) mass is 216 g/mol. The van der Waals surface area contributed by atoms with Gasteiger partial charge in [0.25, 0.3) is 0 Å². The second-order valence-electron chi connectivity index (χ2n) is 4.71. The lowest BCUT2D eigenvalue weighted by atomic mass is 10.2. The van der Waals surface area contributed by atoms with E-state index < -0.39 is 5.60 Å². The van der Waals surface area contributed by atoms with Crippen molar-refractivity contribution < 1.29 is 14.6 Å². The highest BCUT2D eigenvalue weighted by atomic mass is 16.6. The molecule has 1 heterocycles. The maximum absolute atomic E-state index is 11.7. The van der Waals surface area contributed by atoms with E-state index in [9.17, 15) is 4.79 Å². The molecule has 5 heteroatoms. The van der Waals surface area contributed by atoms with Crippen LogP contribution in [0.2, 0.25) is 0 Å². The summed E-state index contributed by atoms with van der Waals surface area (Å²) in [5, 5.41) is 12.2. The number of aliphatic hydroxyl groups excluding tert-OH is 1. The van der Waals surface area contributed by atoms with Gasteiger partial charge < -0.3 is 20.1 Å². The lowest BCUT2D eigenvalue weighted by Gasteiger charge is -2.36. The van der Waals surface area contributed by atoms with E-state index >= 15 is 0 Å². The Balaban J connectivity index is 2.56. The quantitative estimate of drug-likeness (QED) is 0.656. The topological polar surface area (TPSA) is 61.8 Å². The Morgan fingerprint density at radius 1 is 1.60 bits per heavy atom. The molecular formula is C10H20N2O3. The van der Waals surface area contributed by atoms with Gasteiger partial charge in [-0.05, 0) is 20.8 Å². The Bertz CT molecular complexity index is 225. The normalized spacial score (nSPS) is 22.7. The van der Waals surface area contributed by atoms with E-state index in [0.717, 1.165) is 6.54 Å². The molecule has 0 aromatic rings. The first-order valence-corrected chi connectivity index (χ1v) is 5.25. The standard InChI is InChI=1S/C10H20N2O3/c1-10(2,3)15-9(14)12-5-4-11-6-8(12)7-13/h8,11,13H,4-7H2,1-3H3. The molecule has 1 unspecified atom stereocenters. The Morgan fingerprint density at radius 3 is 2.80 bits per heavy atom. The van der Waals surface area contributed by atoms with E-state index in [4.69, 9.17) is 9.84 Å². The molecule has 0 saturated carbocycles. The molecule has 5 nitrogen and oxygen atoms in total. The van der Waals surface area contributed by atoms with Crippen LogP contribution in [0.1, 0.15) is 20.8 Å². The molecule has 88 valence electrons. The number of carbonyl (C=O) groups is 1. The van der Waals surface area contributed by atoms with Gasteiger partial charge in [-0.15, -0.1) is 0 Å². The van der Waals surface area contributed by atoms with Crippen molar-refractivity contribution in [1.82, 2.24) is 10.2 Å². The fourth-order valence-electron chi connectivity index (χ4n) is 1.48. The number of nitrogens with zero attached hydrogens (tertiary/aromatic N) is 1. The molecule has 1 rings (SSSR count). The summed E-state index contributed by atoms with van der Waals surface area (Å²) in [6.07, 6.45) is -0.344. The minimum Gasteiger partial charge on any atom is -0.444 e. The highest BCUT2D eigenvalue weighted by Gasteiger charge is 2.29. The number of rotatable bonds is 1. The number of piperazine rings is 1. The summed E-state index contributed by atoms with van der Waals surface area (Å²) < 4.78 is 5.26. The molecule has 1 saturated heterocycles. The molecule has 0 bridgehead atoms. The highest BCUT2D eigenvalue weighted by molar-refractivity contribution is 5.68. The van der Waals surface area contributed by atoms with E-state index in [0.29, 0.717) is 13.1 Å². The summed E-state index contributed by atoms with van der Waals surface area (Å²) in [4.78, 5) is 13.3. The van der Waals surface area contributed by atoms with Gasteiger partial charge in [0.05, 0.1) is 12.6 Å². The molecule has 1 amide bonds. The third-order valence-corrected chi connectivity index (χ3v) is 2.19. The minimum atomic E-state index is -0.484. The van der Waals surface area contributed by atoms with Gasteiger partial charge in [-0.25, -0.2) is 4.79 Å². The van der Waals surface area contributed by atoms with Crippen LogP contribution in [0.25, 0.3) is 0 Å². The second-order valence-corrected chi connectivity index (χ2v) is 4.71. The molecule has 0 aromatic carbocycles. The number of nitrogens with one attached hydrogen (secondary N) is 1. The zero-order valence-electron chi connectivity index (χ0n) is 9.62. The summed E-state index contributed by atoms with van der Waals surface area (Å²) in [5.41, 5.74) is -0.484.